The quantitative estimate of drug-likeness (QED) is 0.718. The number of hydrogen-bond acceptors (Lipinski definition) is 4. The van der Waals surface area contributed by atoms with Gasteiger partial charge in [0.1, 0.15) is 0 Å². The Morgan fingerprint density at radius 3 is 2.24 bits per heavy atom. The second-order valence-electron chi connectivity index (χ2n) is 7.08. The van der Waals surface area contributed by atoms with Crippen molar-refractivity contribution in [2.75, 3.05) is 32.8 Å². The molecule has 1 saturated heterocycles. The predicted molar refractivity (Wildman–Crippen MR) is 122 cm³/mol. The second-order valence-corrected chi connectivity index (χ2v) is 7.08. The number of halogens is 2. The molecule has 0 saturated carbocycles. The van der Waals surface area contributed by atoms with Crippen molar-refractivity contribution >= 4 is 30.7 Å². The number of benzene rings is 2. The third-order valence-corrected chi connectivity index (χ3v) is 5.05. The standard InChI is InChI=1S/C22H29N3O2.2ClH/c1-18(16-24-11-13-27-14-12-24)25(17-20-5-3-2-4-6-20)22(26)21-9-7-19(15-23)8-10-21;;/h2-10,18H,11-17,23H2,1H3;2*1H. The van der Waals surface area contributed by atoms with Crippen molar-refractivity contribution in [2.24, 2.45) is 5.73 Å². The number of carbonyl (C=O) groups is 1. The lowest BCUT2D eigenvalue weighted by Crippen LogP contribution is -2.48. The van der Waals surface area contributed by atoms with Crippen LogP contribution in [0.25, 0.3) is 0 Å². The molecule has 1 unspecified atom stereocenters. The van der Waals surface area contributed by atoms with Gasteiger partial charge in [0, 0.05) is 44.3 Å². The molecule has 1 amide bonds. The minimum Gasteiger partial charge on any atom is -0.379 e. The van der Waals surface area contributed by atoms with E-state index in [-0.39, 0.29) is 36.8 Å². The molecule has 7 heteroatoms. The van der Waals surface area contributed by atoms with Crippen molar-refractivity contribution < 1.29 is 9.53 Å². The highest BCUT2D eigenvalue weighted by molar-refractivity contribution is 5.94. The topological polar surface area (TPSA) is 58.8 Å². The summed E-state index contributed by atoms with van der Waals surface area (Å²) in [5.74, 6) is 0.0585. The lowest BCUT2D eigenvalue weighted by molar-refractivity contribution is 0.0228. The highest BCUT2D eigenvalue weighted by atomic mass is 35.5. The van der Waals surface area contributed by atoms with Crippen LogP contribution >= 0.6 is 24.8 Å². The van der Waals surface area contributed by atoms with Crippen molar-refractivity contribution in [3.63, 3.8) is 0 Å². The Morgan fingerprint density at radius 1 is 1.03 bits per heavy atom. The van der Waals surface area contributed by atoms with Gasteiger partial charge in [-0.1, -0.05) is 42.5 Å². The van der Waals surface area contributed by atoms with Gasteiger partial charge >= 0.3 is 0 Å². The molecule has 2 N–H and O–H groups in total. The van der Waals surface area contributed by atoms with Crippen LogP contribution in [0.2, 0.25) is 0 Å². The summed E-state index contributed by atoms with van der Waals surface area (Å²) in [7, 11) is 0. The van der Waals surface area contributed by atoms with E-state index in [9.17, 15) is 4.79 Å². The van der Waals surface area contributed by atoms with Crippen LogP contribution in [-0.2, 0) is 17.8 Å². The van der Waals surface area contributed by atoms with Crippen LogP contribution in [-0.4, -0.2) is 54.6 Å². The molecular weight excluding hydrogens is 409 g/mol. The monoisotopic (exact) mass is 439 g/mol. The van der Waals surface area contributed by atoms with E-state index in [2.05, 4.69) is 24.0 Å². The maximum atomic E-state index is 13.3. The molecule has 29 heavy (non-hydrogen) atoms. The smallest absolute Gasteiger partial charge is 0.254 e. The highest BCUT2D eigenvalue weighted by Crippen LogP contribution is 2.16. The van der Waals surface area contributed by atoms with Gasteiger partial charge < -0.3 is 15.4 Å². The van der Waals surface area contributed by atoms with Crippen LogP contribution in [0.3, 0.4) is 0 Å². The normalized spacial score (nSPS) is 15.0. The third kappa shape index (κ3) is 7.28. The molecule has 0 aliphatic carbocycles. The van der Waals surface area contributed by atoms with Gasteiger partial charge in [0.25, 0.3) is 5.91 Å². The SMILES string of the molecule is CC(CN1CCOCC1)N(Cc1ccccc1)C(=O)c1ccc(CN)cc1.Cl.Cl. The summed E-state index contributed by atoms with van der Waals surface area (Å²) in [6, 6.07) is 17.9. The predicted octanol–water partition coefficient (Wildman–Crippen LogP) is 3.35. The molecule has 160 valence electrons. The van der Waals surface area contributed by atoms with Gasteiger partial charge in [-0.2, -0.15) is 0 Å². The van der Waals surface area contributed by atoms with E-state index in [1.807, 2.05) is 47.4 Å². The summed E-state index contributed by atoms with van der Waals surface area (Å²) in [5, 5.41) is 0. The van der Waals surface area contributed by atoms with Crippen LogP contribution in [0, 0.1) is 0 Å². The van der Waals surface area contributed by atoms with E-state index in [4.69, 9.17) is 10.5 Å². The van der Waals surface area contributed by atoms with Crippen molar-refractivity contribution in [2.45, 2.75) is 26.1 Å². The van der Waals surface area contributed by atoms with Crippen LogP contribution < -0.4 is 5.73 Å². The number of amides is 1. The van der Waals surface area contributed by atoms with Crippen LogP contribution in [0.1, 0.15) is 28.4 Å². The summed E-state index contributed by atoms with van der Waals surface area (Å²) in [5.41, 5.74) is 8.55. The van der Waals surface area contributed by atoms with Crippen molar-refractivity contribution in [1.82, 2.24) is 9.80 Å². The number of rotatable bonds is 7. The summed E-state index contributed by atoms with van der Waals surface area (Å²) in [4.78, 5) is 17.6. The fourth-order valence-corrected chi connectivity index (χ4v) is 3.41. The Bertz CT molecular complexity index is 723. The zero-order valence-corrected chi connectivity index (χ0v) is 18.5. The first-order valence-electron chi connectivity index (χ1n) is 9.61. The molecule has 5 nitrogen and oxygen atoms in total. The van der Waals surface area contributed by atoms with Crippen molar-refractivity contribution in [3.05, 3.63) is 71.3 Å². The number of carbonyl (C=O) groups excluding carboxylic acids is 1. The first-order valence-corrected chi connectivity index (χ1v) is 9.61. The maximum Gasteiger partial charge on any atom is 0.254 e. The fraction of sp³-hybridized carbons (Fsp3) is 0.409. The molecule has 1 aliphatic rings. The first kappa shape index (κ1) is 25.4. The van der Waals surface area contributed by atoms with E-state index < -0.39 is 0 Å². The Hall–Kier alpha value is -1.63. The third-order valence-electron chi connectivity index (χ3n) is 5.05. The van der Waals surface area contributed by atoms with Crippen LogP contribution in [0.4, 0.5) is 0 Å². The number of nitrogens with two attached hydrogens (primary N) is 1. The maximum absolute atomic E-state index is 13.3. The lowest BCUT2D eigenvalue weighted by Gasteiger charge is -2.35. The lowest BCUT2D eigenvalue weighted by atomic mass is 10.1. The average molecular weight is 440 g/mol. The molecule has 0 spiro atoms. The van der Waals surface area contributed by atoms with Gasteiger partial charge in [0.15, 0.2) is 0 Å². The average Bonchev–Trinajstić information content (AvgIpc) is 2.73. The zero-order valence-electron chi connectivity index (χ0n) is 16.8. The number of hydrogen-bond donors (Lipinski definition) is 1. The Balaban J connectivity index is 0.00000210. The minimum atomic E-state index is 0. The molecule has 2 aromatic rings. The molecule has 3 rings (SSSR count). The first-order chi connectivity index (χ1) is 13.2. The minimum absolute atomic E-state index is 0. The molecule has 1 aliphatic heterocycles. The van der Waals surface area contributed by atoms with Gasteiger partial charge in [-0.05, 0) is 30.2 Å². The van der Waals surface area contributed by atoms with E-state index >= 15 is 0 Å². The molecule has 0 bridgehead atoms. The van der Waals surface area contributed by atoms with E-state index in [1.165, 1.54) is 0 Å². The van der Waals surface area contributed by atoms with Gasteiger partial charge in [-0.3, -0.25) is 9.69 Å². The van der Waals surface area contributed by atoms with E-state index in [0.717, 1.165) is 44.0 Å². The molecule has 0 radical (unpaired) electrons. The highest BCUT2D eigenvalue weighted by Gasteiger charge is 2.24. The molecular formula is C22H31Cl2N3O2. The van der Waals surface area contributed by atoms with Gasteiger partial charge in [-0.15, -0.1) is 24.8 Å². The van der Waals surface area contributed by atoms with Crippen LogP contribution in [0.5, 0.6) is 0 Å². The Morgan fingerprint density at radius 2 is 1.66 bits per heavy atom. The molecule has 1 fully saturated rings. The summed E-state index contributed by atoms with van der Waals surface area (Å²) in [6.45, 7) is 7.43. The Kier molecular flexibility index (Phi) is 11.2. The van der Waals surface area contributed by atoms with Gasteiger partial charge in [0.05, 0.1) is 13.2 Å². The largest absolute Gasteiger partial charge is 0.379 e. The fourth-order valence-electron chi connectivity index (χ4n) is 3.41. The molecule has 2 aromatic carbocycles. The number of nitrogens with zero attached hydrogens (tertiary/aromatic N) is 2. The molecule has 1 atom stereocenters. The second kappa shape index (κ2) is 12.8. The number of morpholine rings is 1. The summed E-state index contributed by atoms with van der Waals surface area (Å²) < 4.78 is 5.44. The van der Waals surface area contributed by atoms with Crippen molar-refractivity contribution in [1.29, 1.82) is 0 Å². The summed E-state index contributed by atoms with van der Waals surface area (Å²) >= 11 is 0. The van der Waals surface area contributed by atoms with Gasteiger partial charge in [-0.25, -0.2) is 0 Å². The number of ether oxygens (including phenoxy) is 1. The van der Waals surface area contributed by atoms with E-state index in [1.54, 1.807) is 0 Å². The van der Waals surface area contributed by atoms with Crippen LogP contribution in [0.15, 0.2) is 54.6 Å². The Labute approximate surface area is 186 Å². The van der Waals surface area contributed by atoms with E-state index in [0.29, 0.717) is 18.7 Å². The zero-order chi connectivity index (χ0) is 19.1. The van der Waals surface area contributed by atoms with Crippen molar-refractivity contribution in [3.8, 4) is 0 Å². The molecule has 0 aromatic heterocycles. The van der Waals surface area contributed by atoms with Gasteiger partial charge in [0.2, 0.25) is 0 Å². The molecule has 1 heterocycles. The summed E-state index contributed by atoms with van der Waals surface area (Å²) in [6.07, 6.45) is 0.